The van der Waals surface area contributed by atoms with E-state index in [0.717, 1.165) is 0 Å². The van der Waals surface area contributed by atoms with Gasteiger partial charge in [0.2, 0.25) is 0 Å². The molecule has 0 atom stereocenters. The van der Waals surface area contributed by atoms with E-state index < -0.39 is 0 Å². The van der Waals surface area contributed by atoms with Crippen molar-refractivity contribution >= 4 is 17.4 Å². The Hall–Kier alpha value is -1.22. The predicted molar refractivity (Wildman–Crippen MR) is 54.6 cm³/mol. The molecule has 4 heteroatoms. The summed E-state index contributed by atoms with van der Waals surface area (Å²) in [6.45, 7) is 1.46. The summed E-state index contributed by atoms with van der Waals surface area (Å²) in [5.74, 6) is 0.845. The Bertz CT molecular complexity index is 361. The van der Waals surface area contributed by atoms with E-state index in [1.54, 1.807) is 12.1 Å². The van der Waals surface area contributed by atoms with Crippen LogP contribution in [-0.4, -0.2) is 20.0 Å². The molecule has 1 rings (SSSR count). The van der Waals surface area contributed by atoms with Gasteiger partial charge in [-0.05, 0) is 13.0 Å². The highest BCUT2D eigenvalue weighted by atomic mass is 35.5. The minimum Gasteiger partial charge on any atom is -0.496 e. The summed E-state index contributed by atoms with van der Waals surface area (Å²) in [4.78, 5) is 11.2. The lowest BCUT2D eigenvalue weighted by Gasteiger charge is -2.09. The summed E-state index contributed by atoms with van der Waals surface area (Å²) in [6.07, 6.45) is 0. The van der Waals surface area contributed by atoms with Crippen LogP contribution in [0.15, 0.2) is 12.1 Å². The van der Waals surface area contributed by atoms with Crippen LogP contribution in [0.5, 0.6) is 11.5 Å². The van der Waals surface area contributed by atoms with Crippen LogP contribution in [0.4, 0.5) is 0 Å². The molecule has 0 saturated heterocycles. The summed E-state index contributed by atoms with van der Waals surface area (Å²) in [6, 6.07) is 3.14. The van der Waals surface area contributed by atoms with Crippen molar-refractivity contribution in [2.75, 3.05) is 14.2 Å². The Morgan fingerprint density at radius 3 is 2.21 bits per heavy atom. The number of carbonyl (C=O) groups is 1. The number of ketones is 1. The number of benzene rings is 1. The highest BCUT2D eigenvalue weighted by Gasteiger charge is 2.12. The molecule has 0 heterocycles. The van der Waals surface area contributed by atoms with Gasteiger partial charge in [-0.15, -0.1) is 0 Å². The van der Waals surface area contributed by atoms with Crippen molar-refractivity contribution in [2.24, 2.45) is 0 Å². The first-order valence-electron chi connectivity index (χ1n) is 4.02. The lowest BCUT2D eigenvalue weighted by molar-refractivity contribution is 0.101. The molecule has 0 aliphatic carbocycles. The molecule has 0 aliphatic rings. The molecule has 0 radical (unpaired) electrons. The zero-order valence-electron chi connectivity index (χ0n) is 8.26. The summed E-state index contributed by atoms with van der Waals surface area (Å²) in [5.41, 5.74) is 0.466. The summed E-state index contributed by atoms with van der Waals surface area (Å²) in [5, 5.41) is 0.425. The number of carbonyl (C=O) groups excluding carboxylic acids is 1. The number of rotatable bonds is 3. The summed E-state index contributed by atoms with van der Waals surface area (Å²) >= 11 is 5.87. The van der Waals surface area contributed by atoms with Gasteiger partial charge < -0.3 is 9.47 Å². The molecule has 0 N–H and O–H groups in total. The first-order chi connectivity index (χ1) is 6.60. The average molecular weight is 215 g/mol. The van der Waals surface area contributed by atoms with E-state index in [-0.39, 0.29) is 5.78 Å². The second-order valence-electron chi connectivity index (χ2n) is 2.74. The van der Waals surface area contributed by atoms with Gasteiger partial charge in [-0.2, -0.15) is 0 Å². The van der Waals surface area contributed by atoms with Crippen LogP contribution in [0.1, 0.15) is 17.3 Å². The maximum Gasteiger partial charge on any atom is 0.163 e. The molecule has 1 aromatic carbocycles. The highest BCUT2D eigenvalue weighted by molar-refractivity contribution is 6.32. The minimum absolute atomic E-state index is 0.0863. The first kappa shape index (κ1) is 10.9. The van der Waals surface area contributed by atoms with E-state index in [1.165, 1.54) is 21.1 Å². The number of hydrogen-bond donors (Lipinski definition) is 0. The third kappa shape index (κ3) is 1.99. The average Bonchev–Trinajstić information content (AvgIpc) is 2.16. The number of ether oxygens (including phenoxy) is 2. The normalized spacial score (nSPS) is 9.71. The molecule has 76 valence electrons. The van der Waals surface area contributed by atoms with Gasteiger partial charge >= 0.3 is 0 Å². The largest absolute Gasteiger partial charge is 0.496 e. The molecule has 0 unspecified atom stereocenters. The van der Waals surface area contributed by atoms with Gasteiger partial charge in [-0.3, -0.25) is 4.79 Å². The van der Waals surface area contributed by atoms with E-state index in [4.69, 9.17) is 21.1 Å². The second kappa shape index (κ2) is 4.33. The Morgan fingerprint density at radius 1 is 1.21 bits per heavy atom. The van der Waals surface area contributed by atoms with Crippen LogP contribution >= 0.6 is 11.6 Å². The molecule has 0 spiro atoms. The van der Waals surface area contributed by atoms with E-state index in [9.17, 15) is 4.79 Å². The zero-order valence-corrected chi connectivity index (χ0v) is 9.01. The molecule has 0 bridgehead atoms. The van der Waals surface area contributed by atoms with Gasteiger partial charge in [0.15, 0.2) is 5.78 Å². The van der Waals surface area contributed by atoms with E-state index in [0.29, 0.717) is 22.1 Å². The van der Waals surface area contributed by atoms with Crippen molar-refractivity contribution in [3.05, 3.63) is 22.7 Å². The van der Waals surface area contributed by atoms with Crippen molar-refractivity contribution in [2.45, 2.75) is 6.92 Å². The van der Waals surface area contributed by atoms with Crippen molar-refractivity contribution in [1.29, 1.82) is 0 Å². The monoisotopic (exact) mass is 214 g/mol. The fourth-order valence-electron chi connectivity index (χ4n) is 1.14. The van der Waals surface area contributed by atoms with Crippen LogP contribution < -0.4 is 9.47 Å². The molecule has 0 amide bonds. The quantitative estimate of drug-likeness (QED) is 0.726. The molecule has 0 fully saturated rings. The molecule has 14 heavy (non-hydrogen) atoms. The third-order valence-corrected chi connectivity index (χ3v) is 2.15. The number of methoxy groups -OCH3 is 2. The molecular formula is C10H11ClO3. The van der Waals surface area contributed by atoms with Crippen LogP contribution in [-0.2, 0) is 0 Å². The fourth-order valence-corrected chi connectivity index (χ4v) is 1.37. The Kier molecular flexibility index (Phi) is 3.36. The maximum atomic E-state index is 11.2. The Labute approximate surface area is 87.6 Å². The molecule has 0 aliphatic heterocycles. The van der Waals surface area contributed by atoms with Crippen molar-refractivity contribution in [3.8, 4) is 11.5 Å². The third-order valence-electron chi connectivity index (χ3n) is 1.85. The second-order valence-corrected chi connectivity index (χ2v) is 3.15. The SMILES string of the molecule is COc1cc(C(C)=O)c(OC)cc1Cl. The molecular weight excluding hydrogens is 204 g/mol. The highest BCUT2D eigenvalue weighted by Crippen LogP contribution is 2.32. The molecule has 0 aromatic heterocycles. The van der Waals surface area contributed by atoms with Gasteiger partial charge in [0, 0.05) is 6.07 Å². The number of hydrogen-bond acceptors (Lipinski definition) is 3. The van der Waals surface area contributed by atoms with Gasteiger partial charge in [0.1, 0.15) is 11.5 Å². The van der Waals surface area contributed by atoms with E-state index in [2.05, 4.69) is 0 Å². The topological polar surface area (TPSA) is 35.5 Å². The lowest BCUT2D eigenvalue weighted by atomic mass is 10.1. The predicted octanol–water partition coefficient (Wildman–Crippen LogP) is 2.56. The van der Waals surface area contributed by atoms with Crippen molar-refractivity contribution in [3.63, 3.8) is 0 Å². The molecule has 1 aromatic rings. The van der Waals surface area contributed by atoms with E-state index >= 15 is 0 Å². The fraction of sp³-hybridized carbons (Fsp3) is 0.300. The number of Topliss-reactive ketones (excluding diaryl/α,β-unsaturated/α-hetero) is 1. The van der Waals surface area contributed by atoms with Crippen LogP contribution in [0.3, 0.4) is 0 Å². The van der Waals surface area contributed by atoms with Crippen molar-refractivity contribution in [1.82, 2.24) is 0 Å². The first-order valence-corrected chi connectivity index (χ1v) is 4.40. The zero-order chi connectivity index (χ0) is 10.7. The van der Waals surface area contributed by atoms with Gasteiger partial charge in [0.05, 0.1) is 24.8 Å². The Morgan fingerprint density at radius 2 is 1.79 bits per heavy atom. The minimum atomic E-state index is -0.0863. The molecule has 3 nitrogen and oxygen atoms in total. The Balaban J connectivity index is 3.32. The smallest absolute Gasteiger partial charge is 0.163 e. The standard InChI is InChI=1S/C10H11ClO3/c1-6(12)7-4-10(14-3)8(11)5-9(7)13-2/h4-5H,1-3H3. The van der Waals surface area contributed by atoms with Crippen molar-refractivity contribution < 1.29 is 14.3 Å². The van der Waals surface area contributed by atoms with Gasteiger partial charge in [0.25, 0.3) is 0 Å². The summed E-state index contributed by atoms with van der Waals surface area (Å²) < 4.78 is 10.0. The van der Waals surface area contributed by atoms with Gasteiger partial charge in [-0.1, -0.05) is 11.6 Å². The summed E-state index contributed by atoms with van der Waals surface area (Å²) in [7, 11) is 2.99. The molecule has 0 saturated carbocycles. The van der Waals surface area contributed by atoms with Crippen LogP contribution in [0, 0.1) is 0 Å². The van der Waals surface area contributed by atoms with Crippen LogP contribution in [0.2, 0.25) is 5.02 Å². The van der Waals surface area contributed by atoms with Gasteiger partial charge in [-0.25, -0.2) is 0 Å². The maximum absolute atomic E-state index is 11.2. The van der Waals surface area contributed by atoms with E-state index in [1.807, 2.05) is 0 Å². The number of halogens is 1. The lowest BCUT2D eigenvalue weighted by Crippen LogP contribution is -1.98. The van der Waals surface area contributed by atoms with Crippen LogP contribution in [0.25, 0.3) is 0 Å².